The molecule has 0 aliphatic rings. The van der Waals surface area contributed by atoms with Gasteiger partial charge in [-0.05, 0) is 60.2 Å². The first kappa shape index (κ1) is 20.4. The van der Waals surface area contributed by atoms with Crippen molar-refractivity contribution in [1.82, 2.24) is 4.98 Å². The quantitative estimate of drug-likeness (QED) is 0.391. The Labute approximate surface area is 173 Å². The standard InChI is InChI=1S/C22H16F3NO5/c23-22(24,25)31-16-6-4-15(5-7-16)30-20(19-2-1-9-29-19)11-13-3-8-17-14(10-13)12-18(26-17)21(27)28/h1-10,12,20,26H,11H2,(H,27,28). The zero-order valence-electron chi connectivity index (χ0n) is 15.8. The number of alkyl halides is 3. The summed E-state index contributed by atoms with van der Waals surface area (Å²) >= 11 is 0. The van der Waals surface area contributed by atoms with Crippen LogP contribution < -0.4 is 9.47 Å². The summed E-state index contributed by atoms with van der Waals surface area (Å²) in [5, 5.41) is 9.87. The summed E-state index contributed by atoms with van der Waals surface area (Å²) in [5.41, 5.74) is 1.64. The third kappa shape index (κ3) is 5.00. The number of carbonyl (C=O) groups is 1. The molecule has 0 saturated carbocycles. The zero-order chi connectivity index (χ0) is 22.0. The summed E-state index contributed by atoms with van der Waals surface area (Å²) in [4.78, 5) is 14.0. The number of hydrogen-bond acceptors (Lipinski definition) is 4. The van der Waals surface area contributed by atoms with Crippen molar-refractivity contribution < 1.29 is 37.0 Å². The van der Waals surface area contributed by atoms with E-state index in [0.717, 1.165) is 10.9 Å². The van der Waals surface area contributed by atoms with Crippen LogP contribution >= 0.6 is 0 Å². The van der Waals surface area contributed by atoms with E-state index in [-0.39, 0.29) is 11.4 Å². The van der Waals surface area contributed by atoms with Crippen LogP contribution in [0.15, 0.2) is 71.3 Å². The molecule has 0 amide bonds. The highest BCUT2D eigenvalue weighted by Gasteiger charge is 2.31. The molecule has 6 nitrogen and oxygen atoms in total. The van der Waals surface area contributed by atoms with Gasteiger partial charge in [0.2, 0.25) is 0 Å². The van der Waals surface area contributed by atoms with Gasteiger partial charge in [-0.2, -0.15) is 0 Å². The van der Waals surface area contributed by atoms with E-state index in [1.807, 2.05) is 12.1 Å². The number of H-pyrrole nitrogens is 1. The zero-order valence-corrected chi connectivity index (χ0v) is 15.8. The van der Waals surface area contributed by atoms with Gasteiger partial charge in [0.15, 0.2) is 6.10 Å². The Kier molecular flexibility index (Phi) is 5.33. The first-order chi connectivity index (χ1) is 14.8. The summed E-state index contributed by atoms with van der Waals surface area (Å²) in [6, 6.07) is 15.5. The van der Waals surface area contributed by atoms with Crippen LogP contribution in [0.1, 0.15) is 27.9 Å². The molecule has 0 saturated heterocycles. The van der Waals surface area contributed by atoms with Gasteiger partial charge in [0, 0.05) is 17.3 Å². The number of ether oxygens (including phenoxy) is 2. The molecule has 4 rings (SSSR count). The van der Waals surface area contributed by atoms with Crippen molar-refractivity contribution in [1.29, 1.82) is 0 Å². The lowest BCUT2D eigenvalue weighted by atomic mass is 10.0. The van der Waals surface area contributed by atoms with E-state index in [0.29, 0.717) is 23.4 Å². The molecule has 9 heteroatoms. The third-order valence-corrected chi connectivity index (χ3v) is 4.53. The normalized spacial score (nSPS) is 12.6. The van der Waals surface area contributed by atoms with Gasteiger partial charge in [-0.3, -0.25) is 0 Å². The first-order valence-electron chi connectivity index (χ1n) is 9.18. The minimum Gasteiger partial charge on any atom is -0.482 e. The van der Waals surface area contributed by atoms with Crippen LogP contribution in [0, 0.1) is 0 Å². The number of aromatic carboxylic acids is 1. The Morgan fingerprint density at radius 3 is 2.45 bits per heavy atom. The molecule has 2 aromatic heterocycles. The van der Waals surface area contributed by atoms with Crippen LogP contribution in [0.3, 0.4) is 0 Å². The number of halogens is 3. The number of benzene rings is 2. The number of carboxylic acid groups (broad SMARTS) is 1. The molecule has 2 aromatic carbocycles. The largest absolute Gasteiger partial charge is 0.573 e. The lowest BCUT2D eigenvalue weighted by Crippen LogP contribution is -2.17. The van der Waals surface area contributed by atoms with Crippen LogP contribution in [-0.4, -0.2) is 22.4 Å². The number of fused-ring (bicyclic) bond motifs is 1. The van der Waals surface area contributed by atoms with Gasteiger partial charge in [-0.1, -0.05) is 6.07 Å². The average Bonchev–Trinajstić information content (AvgIpc) is 3.37. The molecule has 2 heterocycles. The Balaban J connectivity index is 1.55. The summed E-state index contributed by atoms with van der Waals surface area (Å²) in [6.45, 7) is 0. The average molecular weight is 431 g/mol. The minimum absolute atomic E-state index is 0.0900. The molecule has 0 radical (unpaired) electrons. The van der Waals surface area contributed by atoms with Gasteiger partial charge in [0.25, 0.3) is 0 Å². The van der Waals surface area contributed by atoms with Crippen molar-refractivity contribution in [2.45, 2.75) is 18.9 Å². The highest BCUT2D eigenvalue weighted by molar-refractivity contribution is 5.93. The Bertz CT molecular complexity index is 1180. The molecular formula is C22H16F3NO5. The minimum atomic E-state index is -4.77. The van der Waals surface area contributed by atoms with E-state index in [1.165, 1.54) is 30.5 Å². The van der Waals surface area contributed by atoms with Gasteiger partial charge in [-0.25, -0.2) is 4.79 Å². The van der Waals surface area contributed by atoms with Crippen molar-refractivity contribution >= 4 is 16.9 Å². The van der Waals surface area contributed by atoms with Crippen molar-refractivity contribution in [2.75, 3.05) is 0 Å². The molecule has 1 atom stereocenters. The van der Waals surface area contributed by atoms with Gasteiger partial charge < -0.3 is 24.0 Å². The predicted molar refractivity (Wildman–Crippen MR) is 104 cm³/mol. The lowest BCUT2D eigenvalue weighted by molar-refractivity contribution is -0.274. The molecule has 160 valence electrons. The van der Waals surface area contributed by atoms with Crippen molar-refractivity contribution in [3.05, 3.63) is 83.9 Å². The monoisotopic (exact) mass is 431 g/mol. The summed E-state index contributed by atoms with van der Waals surface area (Å²) in [7, 11) is 0. The van der Waals surface area contributed by atoms with Gasteiger partial charge in [0.1, 0.15) is 23.0 Å². The van der Waals surface area contributed by atoms with E-state index >= 15 is 0 Å². The van der Waals surface area contributed by atoms with Gasteiger partial charge in [-0.15, -0.1) is 13.2 Å². The third-order valence-electron chi connectivity index (χ3n) is 4.53. The van der Waals surface area contributed by atoms with E-state index in [9.17, 15) is 18.0 Å². The number of furan rings is 1. The Morgan fingerprint density at radius 2 is 1.81 bits per heavy atom. The maximum absolute atomic E-state index is 12.3. The maximum atomic E-state index is 12.3. The van der Waals surface area contributed by atoms with E-state index in [1.54, 1.807) is 24.3 Å². The summed E-state index contributed by atoms with van der Waals surface area (Å²) in [5.74, 6) is -0.517. The molecule has 4 aromatic rings. The fraction of sp³-hybridized carbons (Fsp3) is 0.136. The molecule has 0 fully saturated rings. The van der Waals surface area contributed by atoms with Crippen LogP contribution in [0.5, 0.6) is 11.5 Å². The second-order valence-electron chi connectivity index (χ2n) is 6.76. The number of aromatic nitrogens is 1. The first-order valence-corrected chi connectivity index (χ1v) is 9.18. The highest BCUT2D eigenvalue weighted by Crippen LogP contribution is 2.30. The number of rotatable bonds is 7. The van der Waals surface area contributed by atoms with Crippen molar-refractivity contribution in [3.63, 3.8) is 0 Å². The number of carboxylic acids is 1. The van der Waals surface area contributed by atoms with Crippen LogP contribution in [0.4, 0.5) is 13.2 Å². The molecule has 0 aliphatic carbocycles. The molecule has 31 heavy (non-hydrogen) atoms. The molecule has 2 N–H and O–H groups in total. The van der Waals surface area contributed by atoms with E-state index in [4.69, 9.17) is 14.3 Å². The van der Waals surface area contributed by atoms with E-state index in [2.05, 4.69) is 9.72 Å². The predicted octanol–water partition coefficient (Wildman–Crippen LogP) is 5.72. The van der Waals surface area contributed by atoms with Gasteiger partial charge in [0.05, 0.1) is 6.26 Å². The highest BCUT2D eigenvalue weighted by atomic mass is 19.4. The SMILES string of the molecule is O=C(O)c1cc2cc(CC(Oc3ccc(OC(F)(F)F)cc3)c3ccco3)ccc2[nH]1. The number of hydrogen-bond donors (Lipinski definition) is 2. The second kappa shape index (κ2) is 8.10. The molecule has 1 unspecified atom stereocenters. The molecule has 0 aliphatic heterocycles. The van der Waals surface area contributed by atoms with Crippen molar-refractivity contribution in [3.8, 4) is 11.5 Å². The van der Waals surface area contributed by atoms with Crippen LogP contribution in [0.2, 0.25) is 0 Å². The van der Waals surface area contributed by atoms with Crippen molar-refractivity contribution in [2.24, 2.45) is 0 Å². The van der Waals surface area contributed by atoms with Crippen LogP contribution in [-0.2, 0) is 6.42 Å². The Hall–Kier alpha value is -3.88. The molecule has 0 spiro atoms. The fourth-order valence-corrected chi connectivity index (χ4v) is 3.20. The molecular weight excluding hydrogens is 415 g/mol. The fourth-order valence-electron chi connectivity index (χ4n) is 3.20. The molecule has 0 bridgehead atoms. The number of aromatic amines is 1. The number of nitrogens with one attached hydrogen (secondary N) is 1. The van der Waals surface area contributed by atoms with Gasteiger partial charge >= 0.3 is 12.3 Å². The summed E-state index contributed by atoms with van der Waals surface area (Å²) < 4.78 is 52.3. The Morgan fingerprint density at radius 1 is 1.06 bits per heavy atom. The van der Waals surface area contributed by atoms with E-state index < -0.39 is 18.4 Å². The van der Waals surface area contributed by atoms with Crippen LogP contribution in [0.25, 0.3) is 10.9 Å². The smallest absolute Gasteiger partial charge is 0.482 e. The second-order valence-corrected chi connectivity index (χ2v) is 6.76. The summed E-state index contributed by atoms with van der Waals surface area (Å²) in [6.07, 6.45) is -3.44. The maximum Gasteiger partial charge on any atom is 0.573 e. The topological polar surface area (TPSA) is 84.7 Å². The lowest BCUT2D eigenvalue weighted by Gasteiger charge is -2.18.